The number of hydrogen-bond acceptors (Lipinski definition) is 4. The Bertz CT molecular complexity index is 573. The van der Waals surface area contributed by atoms with Crippen molar-refractivity contribution in [1.29, 1.82) is 0 Å². The fourth-order valence-corrected chi connectivity index (χ4v) is 2.28. The number of hydrogen-bond donors (Lipinski definition) is 5. The van der Waals surface area contributed by atoms with Crippen molar-refractivity contribution >= 4 is 16.8 Å². The van der Waals surface area contributed by atoms with Crippen molar-refractivity contribution in [3.8, 4) is 0 Å². The van der Waals surface area contributed by atoms with Crippen molar-refractivity contribution in [3.05, 3.63) is 36.0 Å². The summed E-state index contributed by atoms with van der Waals surface area (Å²) in [6.45, 7) is 1.23. The Labute approximate surface area is 110 Å². The number of benzene rings is 1. The van der Waals surface area contributed by atoms with E-state index in [1.54, 1.807) is 0 Å². The standard InChI is InChI=1S/C13H17N5O/c19-13(12-8-16-18-17-12)14-6-5-9-7-15-11-4-2-1-3-10(9)11/h1-4,7,12,15-18H,5-6,8H2,(H,14,19). The normalized spacial score (nSPS) is 18.8. The van der Waals surface area contributed by atoms with Crippen molar-refractivity contribution in [2.45, 2.75) is 12.5 Å². The third kappa shape index (κ3) is 2.60. The highest BCUT2D eigenvalue weighted by atomic mass is 16.2. The summed E-state index contributed by atoms with van der Waals surface area (Å²) >= 11 is 0. The van der Waals surface area contributed by atoms with Crippen molar-refractivity contribution in [2.24, 2.45) is 0 Å². The first-order chi connectivity index (χ1) is 9.34. The van der Waals surface area contributed by atoms with Gasteiger partial charge >= 0.3 is 0 Å². The Morgan fingerprint density at radius 3 is 3.11 bits per heavy atom. The number of carbonyl (C=O) groups is 1. The summed E-state index contributed by atoms with van der Waals surface area (Å²) in [5, 5.41) is 4.15. The first-order valence-corrected chi connectivity index (χ1v) is 6.41. The van der Waals surface area contributed by atoms with Gasteiger partial charge in [0.2, 0.25) is 5.91 Å². The van der Waals surface area contributed by atoms with E-state index in [-0.39, 0.29) is 11.9 Å². The van der Waals surface area contributed by atoms with Gasteiger partial charge in [-0.15, -0.1) is 0 Å². The third-order valence-electron chi connectivity index (χ3n) is 3.33. The smallest absolute Gasteiger partial charge is 0.239 e. The van der Waals surface area contributed by atoms with Crippen LogP contribution in [0.25, 0.3) is 10.9 Å². The molecule has 1 amide bonds. The molecule has 1 unspecified atom stereocenters. The van der Waals surface area contributed by atoms with Crippen LogP contribution in [0.15, 0.2) is 30.5 Å². The maximum atomic E-state index is 11.8. The molecule has 0 aliphatic carbocycles. The summed E-state index contributed by atoms with van der Waals surface area (Å²) in [5.41, 5.74) is 10.8. The van der Waals surface area contributed by atoms with Gasteiger partial charge in [-0.25, -0.2) is 10.9 Å². The molecule has 6 nitrogen and oxygen atoms in total. The van der Waals surface area contributed by atoms with Gasteiger partial charge in [-0.3, -0.25) is 4.79 Å². The molecule has 1 aliphatic heterocycles. The minimum atomic E-state index is -0.206. The lowest BCUT2D eigenvalue weighted by Crippen LogP contribution is -2.44. The molecule has 1 saturated heterocycles. The van der Waals surface area contributed by atoms with Gasteiger partial charge < -0.3 is 10.3 Å². The number of hydrazine groups is 2. The molecule has 0 spiro atoms. The minimum absolute atomic E-state index is 0.0114. The molecule has 1 atom stereocenters. The molecule has 19 heavy (non-hydrogen) atoms. The van der Waals surface area contributed by atoms with Gasteiger partial charge in [0.25, 0.3) is 0 Å². The lowest BCUT2D eigenvalue weighted by molar-refractivity contribution is -0.122. The summed E-state index contributed by atoms with van der Waals surface area (Å²) in [6, 6.07) is 7.98. The van der Waals surface area contributed by atoms with Gasteiger partial charge in [-0.05, 0) is 18.1 Å². The molecule has 0 saturated carbocycles. The second-order valence-corrected chi connectivity index (χ2v) is 4.60. The number of para-hydroxylation sites is 1. The van der Waals surface area contributed by atoms with E-state index in [1.165, 1.54) is 10.9 Å². The van der Waals surface area contributed by atoms with Crippen molar-refractivity contribution in [2.75, 3.05) is 13.1 Å². The quantitative estimate of drug-likeness (QED) is 0.527. The van der Waals surface area contributed by atoms with Crippen LogP contribution in [0.4, 0.5) is 0 Å². The predicted molar refractivity (Wildman–Crippen MR) is 73.1 cm³/mol. The molecule has 5 N–H and O–H groups in total. The molecular formula is C13H17N5O. The third-order valence-corrected chi connectivity index (χ3v) is 3.33. The Morgan fingerprint density at radius 2 is 2.26 bits per heavy atom. The molecule has 0 bridgehead atoms. The van der Waals surface area contributed by atoms with E-state index >= 15 is 0 Å². The first kappa shape index (κ1) is 12.2. The van der Waals surface area contributed by atoms with Crippen LogP contribution in [-0.4, -0.2) is 30.0 Å². The molecule has 3 rings (SSSR count). The molecule has 1 aromatic heterocycles. The van der Waals surface area contributed by atoms with Gasteiger partial charge in [0.05, 0.1) is 0 Å². The molecule has 1 fully saturated rings. The van der Waals surface area contributed by atoms with Gasteiger partial charge in [0, 0.05) is 30.2 Å². The van der Waals surface area contributed by atoms with Crippen LogP contribution in [0.5, 0.6) is 0 Å². The second kappa shape index (κ2) is 5.40. The van der Waals surface area contributed by atoms with Gasteiger partial charge in [-0.1, -0.05) is 18.2 Å². The fourth-order valence-electron chi connectivity index (χ4n) is 2.28. The number of aromatic amines is 1. The predicted octanol–water partition coefficient (Wildman–Crippen LogP) is -0.192. The summed E-state index contributed by atoms with van der Waals surface area (Å²) in [6.07, 6.45) is 2.83. The zero-order chi connectivity index (χ0) is 13.1. The van der Waals surface area contributed by atoms with E-state index in [0.717, 1.165) is 11.9 Å². The van der Waals surface area contributed by atoms with Crippen LogP contribution in [0.2, 0.25) is 0 Å². The molecule has 2 aromatic rings. The van der Waals surface area contributed by atoms with Gasteiger partial charge in [-0.2, -0.15) is 5.53 Å². The molecule has 100 valence electrons. The minimum Gasteiger partial charge on any atom is -0.361 e. The second-order valence-electron chi connectivity index (χ2n) is 4.60. The average Bonchev–Trinajstić information content (AvgIpc) is 3.08. The van der Waals surface area contributed by atoms with Gasteiger partial charge in [0.1, 0.15) is 6.04 Å². The number of nitrogens with one attached hydrogen (secondary N) is 5. The summed E-state index contributed by atoms with van der Waals surface area (Å²) in [5.74, 6) is 0.0114. The Hall–Kier alpha value is -1.89. The van der Waals surface area contributed by atoms with Crippen molar-refractivity contribution < 1.29 is 4.79 Å². The van der Waals surface area contributed by atoms with Crippen LogP contribution in [0, 0.1) is 0 Å². The number of carbonyl (C=O) groups excluding carboxylic acids is 1. The van der Waals surface area contributed by atoms with Crippen LogP contribution in [0.3, 0.4) is 0 Å². The van der Waals surface area contributed by atoms with E-state index in [0.29, 0.717) is 13.1 Å². The number of amides is 1. The van der Waals surface area contributed by atoms with E-state index in [1.807, 2.05) is 18.3 Å². The number of rotatable bonds is 4. The number of fused-ring (bicyclic) bond motifs is 1. The molecular weight excluding hydrogens is 242 g/mol. The lowest BCUT2D eigenvalue weighted by atomic mass is 10.1. The summed E-state index contributed by atoms with van der Waals surface area (Å²) in [7, 11) is 0. The van der Waals surface area contributed by atoms with Crippen molar-refractivity contribution in [1.82, 2.24) is 26.7 Å². The highest BCUT2D eigenvalue weighted by Gasteiger charge is 2.21. The van der Waals surface area contributed by atoms with E-state index in [2.05, 4.69) is 38.8 Å². The number of aromatic nitrogens is 1. The Morgan fingerprint density at radius 1 is 1.37 bits per heavy atom. The van der Waals surface area contributed by atoms with E-state index in [4.69, 9.17) is 0 Å². The largest absolute Gasteiger partial charge is 0.361 e. The highest BCUT2D eigenvalue weighted by molar-refractivity contribution is 5.84. The van der Waals surface area contributed by atoms with Crippen LogP contribution < -0.4 is 21.7 Å². The first-order valence-electron chi connectivity index (χ1n) is 6.41. The molecule has 1 aromatic carbocycles. The maximum Gasteiger partial charge on any atom is 0.239 e. The van der Waals surface area contributed by atoms with E-state index < -0.39 is 0 Å². The summed E-state index contributed by atoms with van der Waals surface area (Å²) in [4.78, 5) is 15.0. The van der Waals surface area contributed by atoms with Crippen molar-refractivity contribution in [3.63, 3.8) is 0 Å². The van der Waals surface area contributed by atoms with Gasteiger partial charge in [0.15, 0.2) is 0 Å². The zero-order valence-electron chi connectivity index (χ0n) is 10.5. The molecule has 0 radical (unpaired) electrons. The highest BCUT2D eigenvalue weighted by Crippen LogP contribution is 2.17. The fraction of sp³-hybridized carbons (Fsp3) is 0.308. The van der Waals surface area contributed by atoms with E-state index in [9.17, 15) is 4.79 Å². The van der Waals surface area contributed by atoms with Crippen LogP contribution in [-0.2, 0) is 11.2 Å². The zero-order valence-corrected chi connectivity index (χ0v) is 10.5. The molecule has 6 heteroatoms. The Kier molecular flexibility index (Phi) is 3.45. The topological polar surface area (TPSA) is 81.0 Å². The summed E-state index contributed by atoms with van der Waals surface area (Å²) < 4.78 is 0. The SMILES string of the molecule is O=C(NCCc1c[nH]c2ccccc12)C1CNNN1. The van der Waals surface area contributed by atoms with Crippen LogP contribution >= 0.6 is 0 Å². The lowest BCUT2D eigenvalue weighted by Gasteiger charge is -2.09. The Balaban J connectivity index is 1.56. The van der Waals surface area contributed by atoms with Crippen LogP contribution in [0.1, 0.15) is 5.56 Å². The monoisotopic (exact) mass is 259 g/mol. The molecule has 2 heterocycles. The maximum absolute atomic E-state index is 11.8. The number of H-pyrrole nitrogens is 1. The molecule has 1 aliphatic rings. The average molecular weight is 259 g/mol.